The molecule has 4 heteroatoms. The predicted octanol–water partition coefficient (Wildman–Crippen LogP) is 1.63. The number of hydrogen-bond donors (Lipinski definition) is 3. The van der Waals surface area contributed by atoms with Crippen LogP contribution in [-0.2, 0) is 11.4 Å². The van der Waals surface area contributed by atoms with Crippen LogP contribution < -0.4 is 11.1 Å². The van der Waals surface area contributed by atoms with Gasteiger partial charge in [-0.25, -0.2) is 0 Å². The Kier molecular flexibility index (Phi) is 4.66. The van der Waals surface area contributed by atoms with Crippen LogP contribution in [0.5, 0.6) is 0 Å². The summed E-state index contributed by atoms with van der Waals surface area (Å²) in [5, 5.41) is 11.8. The smallest absolute Gasteiger partial charge is 0.244 e. The van der Waals surface area contributed by atoms with Gasteiger partial charge in [-0.2, -0.15) is 0 Å². The molecular formula is C13H20N2O2. The van der Waals surface area contributed by atoms with Gasteiger partial charge in [-0.1, -0.05) is 25.5 Å². The quantitative estimate of drug-likeness (QED) is 0.727. The summed E-state index contributed by atoms with van der Waals surface area (Å²) in [6.45, 7) is 3.67. The summed E-state index contributed by atoms with van der Waals surface area (Å²) >= 11 is 0. The second-order valence-corrected chi connectivity index (χ2v) is 4.48. The van der Waals surface area contributed by atoms with Crippen LogP contribution in [0.3, 0.4) is 0 Å². The fourth-order valence-corrected chi connectivity index (χ4v) is 1.65. The van der Waals surface area contributed by atoms with Gasteiger partial charge in [0, 0.05) is 5.69 Å². The van der Waals surface area contributed by atoms with E-state index in [1.807, 2.05) is 6.92 Å². The molecule has 0 saturated heterocycles. The first-order valence-corrected chi connectivity index (χ1v) is 5.79. The highest BCUT2D eigenvalue weighted by molar-refractivity contribution is 5.97. The van der Waals surface area contributed by atoms with E-state index < -0.39 is 5.54 Å². The zero-order chi connectivity index (χ0) is 12.9. The lowest BCUT2D eigenvalue weighted by molar-refractivity contribution is -0.120. The molecule has 0 aromatic heterocycles. The molecule has 0 bridgehead atoms. The van der Waals surface area contributed by atoms with Crippen LogP contribution in [-0.4, -0.2) is 16.6 Å². The molecular weight excluding hydrogens is 216 g/mol. The third-order valence-electron chi connectivity index (χ3n) is 2.66. The maximum Gasteiger partial charge on any atom is 0.244 e. The van der Waals surface area contributed by atoms with Gasteiger partial charge in [0.25, 0.3) is 0 Å². The van der Waals surface area contributed by atoms with E-state index in [-0.39, 0.29) is 12.5 Å². The van der Waals surface area contributed by atoms with E-state index in [4.69, 9.17) is 10.8 Å². The standard InChI is InChI=1S/C13H20N2O2/c1-3-7-13(2,14)12(17)15-11-6-4-5-10(8-11)9-16/h4-6,8,16H,3,7,9,14H2,1-2H3,(H,15,17). The summed E-state index contributed by atoms with van der Waals surface area (Å²) < 4.78 is 0. The molecule has 1 unspecified atom stereocenters. The number of aliphatic hydroxyl groups excluding tert-OH is 1. The minimum absolute atomic E-state index is 0.0431. The minimum Gasteiger partial charge on any atom is -0.392 e. The average molecular weight is 236 g/mol. The summed E-state index contributed by atoms with van der Waals surface area (Å²) in [5.41, 5.74) is 6.49. The Balaban J connectivity index is 2.73. The van der Waals surface area contributed by atoms with Crippen molar-refractivity contribution in [3.05, 3.63) is 29.8 Å². The Bertz CT molecular complexity index is 389. The van der Waals surface area contributed by atoms with Crippen LogP contribution in [0, 0.1) is 0 Å². The summed E-state index contributed by atoms with van der Waals surface area (Å²) in [4.78, 5) is 11.9. The number of amides is 1. The highest BCUT2D eigenvalue weighted by Crippen LogP contribution is 2.15. The maximum atomic E-state index is 11.9. The first-order valence-electron chi connectivity index (χ1n) is 5.79. The van der Waals surface area contributed by atoms with Crippen LogP contribution in [0.2, 0.25) is 0 Å². The molecule has 17 heavy (non-hydrogen) atoms. The number of benzene rings is 1. The summed E-state index contributed by atoms with van der Waals surface area (Å²) in [7, 11) is 0. The lowest BCUT2D eigenvalue weighted by Gasteiger charge is -2.22. The second kappa shape index (κ2) is 5.80. The number of carbonyl (C=O) groups is 1. The van der Waals surface area contributed by atoms with Crippen molar-refractivity contribution in [1.29, 1.82) is 0 Å². The van der Waals surface area contributed by atoms with Crippen molar-refractivity contribution >= 4 is 11.6 Å². The fraction of sp³-hybridized carbons (Fsp3) is 0.462. The molecule has 0 saturated carbocycles. The molecule has 0 heterocycles. The van der Waals surface area contributed by atoms with E-state index in [9.17, 15) is 4.79 Å². The highest BCUT2D eigenvalue weighted by Gasteiger charge is 2.27. The van der Waals surface area contributed by atoms with Crippen LogP contribution in [0.4, 0.5) is 5.69 Å². The summed E-state index contributed by atoms with van der Waals surface area (Å²) in [6, 6.07) is 7.09. The number of rotatable bonds is 5. The molecule has 1 aromatic rings. The van der Waals surface area contributed by atoms with Gasteiger partial charge in [0.15, 0.2) is 0 Å². The number of nitrogens with two attached hydrogens (primary N) is 1. The largest absolute Gasteiger partial charge is 0.392 e. The van der Waals surface area contributed by atoms with Gasteiger partial charge in [-0.3, -0.25) is 4.79 Å². The van der Waals surface area contributed by atoms with Gasteiger partial charge >= 0.3 is 0 Å². The molecule has 0 aliphatic carbocycles. The lowest BCUT2D eigenvalue weighted by atomic mass is 9.96. The Hall–Kier alpha value is -1.39. The molecule has 4 N–H and O–H groups in total. The fourth-order valence-electron chi connectivity index (χ4n) is 1.65. The van der Waals surface area contributed by atoms with Crippen molar-refractivity contribution in [3.8, 4) is 0 Å². The molecule has 94 valence electrons. The molecule has 1 rings (SSSR count). The van der Waals surface area contributed by atoms with E-state index >= 15 is 0 Å². The molecule has 0 fully saturated rings. The van der Waals surface area contributed by atoms with E-state index in [0.29, 0.717) is 12.1 Å². The van der Waals surface area contributed by atoms with Gasteiger partial charge in [-0.15, -0.1) is 0 Å². The Morgan fingerprint density at radius 3 is 2.82 bits per heavy atom. The lowest BCUT2D eigenvalue weighted by Crippen LogP contribution is -2.48. The Morgan fingerprint density at radius 1 is 1.53 bits per heavy atom. The van der Waals surface area contributed by atoms with Crippen molar-refractivity contribution in [2.75, 3.05) is 5.32 Å². The zero-order valence-electron chi connectivity index (χ0n) is 10.4. The second-order valence-electron chi connectivity index (χ2n) is 4.48. The zero-order valence-corrected chi connectivity index (χ0v) is 10.4. The van der Waals surface area contributed by atoms with Crippen LogP contribution in [0.15, 0.2) is 24.3 Å². The SMILES string of the molecule is CCCC(C)(N)C(=O)Nc1cccc(CO)c1. The van der Waals surface area contributed by atoms with Crippen molar-refractivity contribution in [3.63, 3.8) is 0 Å². The van der Waals surface area contributed by atoms with E-state index in [1.54, 1.807) is 31.2 Å². The van der Waals surface area contributed by atoms with E-state index in [2.05, 4.69) is 5.32 Å². The predicted molar refractivity (Wildman–Crippen MR) is 68.5 cm³/mol. The number of carbonyl (C=O) groups excluding carboxylic acids is 1. The van der Waals surface area contributed by atoms with Crippen LogP contribution in [0.1, 0.15) is 32.3 Å². The van der Waals surface area contributed by atoms with Crippen LogP contribution in [0.25, 0.3) is 0 Å². The monoisotopic (exact) mass is 236 g/mol. The Morgan fingerprint density at radius 2 is 2.24 bits per heavy atom. The Labute approximate surface area is 102 Å². The van der Waals surface area contributed by atoms with Crippen molar-refractivity contribution < 1.29 is 9.90 Å². The highest BCUT2D eigenvalue weighted by atomic mass is 16.3. The van der Waals surface area contributed by atoms with E-state index in [0.717, 1.165) is 12.0 Å². The van der Waals surface area contributed by atoms with Gasteiger partial charge in [0.1, 0.15) is 0 Å². The normalized spacial score (nSPS) is 14.1. The van der Waals surface area contributed by atoms with Gasteiger partial charge < -0.3 is 16.2 Å². The van der Waals surface area contributed by atoms with Gasteiger partial charge in [0.05, 0.1) is 12.1 Å². The average Bonchev–Trinajstić information content (AvgIpc) is 2.29. The molecule has 1 atom stereocenters. The van der Waals surface area contributed by atoms with Gasteiger partial charge in [0.2, 0.25) is 5.91 Å². The first kappa shape index (κ1) is 13.7. The molecule has 0 aliphatic rings. The molecule has 4 nitrogen and oxygen atoms in total. The number of aliphatic hydroxyl groups is 1. The summed E-state index contributed by atoms with van der Waals surface area (Å²) in [6.07, 6.45) is 1.50. The molecule has 0 spiro atoms. The third-order valence-corrected chi connectivity index (χ3v) is 2.66. The van der Waals surface area contributed by atoms with E-state index in [1.165, 1.54) is 0 Å². The molecule has 0 aliphatic heterocycles. The third kappa shape index (κ3) is 3.84. The van der Waals surface area contributed by atoms with Crippen LogP contribution >= 0.6 is 0 Å². The summed E-state index contributed by atoms with van der Waals surface area (Å²) in [5.74, 6) is -0.200. The molecule has 0 radical (unpaired) electrons. The number of anilines is 1. The molecule has 1 amide bonds. The van der Waals surface area contributed by atoms with Crippen molar-refractivity contribution in [2.24, 2.45) is 5.73 Å². The van der Waals surface area contributed by atoms with Crippen molar-refractivity contribution in [2.45, 2.75) is 38.8 Å². The first-order chi connectivity index (χ1) is 7.99. The number of nitrogens with one attached hydrogen (secondary N) is 1. The van der Waals surface area contributed by atoms with Gasteiger partial charge in [-0.05, 0) is 31.0 Å². The number of hydrogen-bond acceptors (Lipinski definition) is 3. The van der Waals surface area contributed by atoms with Crippen molar-refractivity contribution in [1.82, 2.24) is 0 Å². The minimum atomic E-state index is -0.857. The molecule has 1 aromatic carbocycles. The maximum absolute atomic E-state index is 11.9. The topological polar surface area (TPSA) is 75.4 Å².